The van der Waals surface area contributed by atoms with Crippen LogP contribution in [0.3, 0.4) is 0 Å². The molecule has 10 heavy (non-hydrogen) atoms. The standard InChI is InChI=1S/C6H12O3S/c1-3-6(8)4(10)2-5(7)9-3/h3-8,10H,2H2,1H3. The summed E-state index contributed by atoms with van der Waals surface area (Å²) in [5.41, 5.74) is 0. The van der Waals surface area contributed by atoms with E-state index in [0.29, 0.717) is 6.42 Å². The third-order valence-corrected chi connectivity index (χ3v) is 2.21. The molecule has 4 unspecified atom stereocenters. The highest BCUT2D eigenvalue weighted by Crippen LogP contribution is 2.22. The van der Waals surface area contributed by atoms with Crippen LogP contribution in [-0.2, 0) is 4.74 Å². The second-order valence-electron chi connectivity index (χ2n) is 2.59. The number of rotatable bonds is 0. The molecule has 4 atom stereocenters. The molecule has 1 saturated heterocycles. The van der Waals surface area contributed by atoms with Crippen molar-refractivity contribution in [2.75, 3.05) is 0 Å². The van der Waals surface area contributed by atoms with Gasteiger partial charge in [0.2, 0.25) is 0 Å². The van der Waals surface area contributed by atoms with Gasteiger partial charge in [-0.1, -0.05) is 0 Å². The van der Waals surface area contributed by atoms with Crippen LogP contribution in [0.1, 0.15) is 13.3 Å². The Kier molecular flexibility index (Phi) is 2.57. The summed E-state index contributed by atoms with van der Waals surface area (Å²) in [7, 11) is 0. The molecule has 3 nitrogen and oxygen atoms in total. The quantitative estimate of drug-likeness (QED) is 0.434. The Labute approximate surface area is 65.4 Å². The third kappa shape index (κ3) is 1.63. The van der Waals surface area contributed by atoms with E-state index >= 15 is 0 Å². The summed E-state index contributed by atoms with van der Waals surface area (Å²) in [5.74, 6) is 0. The van der Waals surface area contributed by atoms with Crippen molar-refractivity contribution in [2.45, 2.75) is 37.1 Å². The Morgan fingerprint density at radius 1 is 1.50 bits per heavy atom. The van der Waals surface area contributed by atoms with Crippen LogP contribution in [0.4, 0.5) is 0 Å². The summed E-state index contributed by atoms with van der Waals surface area (Å²) in [6, 6.07) is 0. The summed E-state index contributed by atoms with van der Waals surface area (Å²) in [5, 5.41) is 18.1. The van der Waals surface area contributed by atoms with E-state index in [4.69, 9.17) is 9.84 Å². The third-order valence-electron chi connectivity index (χ3n) is 1.69. The highest BCUT2D eigenvalue weighted by molar-refractivity contribution is 7.81. The van der Waals surface area contributed by atoms with Gasteiger partial charge in [0.05, 0.1) is 12.2 Å². The minimum absolute atomic E-state index is 0.168. The van der Waals surface area contributed by atoms with Gasteiger partial charge in [0.25, 0.3) is 0 Å². The lowest BCUT2D eigenvalue weighted by atomic mass is 10.1. The number of ether oxygens (including phenoxy) is 1. The van der Waals surface area contributed by atoms with Crippen LogP contribution in [0.15, 0.2) is 0 Å². The highest BCUT2D eigenvalue weighted by Gasteiger charge is 2.31. The predicted molar refractivity (Wildman–Crippen MR) is 40.0 cm³/mol. The van der Waals surface area contributed by atoms with Crippen molar-refractivity contribution in [1.82, 2.24) is 0 Å². The monoisotopic (exact) mass is 164 g/mol. The summed E-state index contributed by atoms with van der Waals surface area (Å²) < 4.78 is 4.93. The predicted octanol–water partition coefficient (Wildman–Crippen LogP) is -0.227. The topological polar surface area (TPSA) is 49.7 Å². The number of aliphatic hydroxyl groups is 2. The minimum atomic E-state index is -0.763. The minimum Gasteiger partial charge on any atom is -0.389 e. The van der Waals surface area contributed by atoms with E-state index in [-0.39, 0.29) is 11.4 Å². The zero-order valence-corrected chi connectivity index (χ0v) is 6.66. The molecular formula is C6H12O3S. The molecule has 0 aromatic rings. The van der Waals surface area contributed by atoms with Gasteiger partial charge in [-0.15, -0.1) is 0 Å². The van der Waals surface area contributed by atoms with Crippen LogP contribution in [-0.4, -0.2) is 34.0 Å². The van der Waals surface area contributed by atoms with Crippen molar-refractivity contribution in [1.29, 1.82) is 0 Å². The van der Waals surface area contributed by atoms with Crippen LogP contribution < -0.4 is 0 Å². The first-order valence-corrected chi connectivity index (χ1v) is 3.82. The SMILES string of the molecule is CC1OC(O)CC(S)C1O. The van der Waals surface area contributed by atoms with Gasteiger partial charge in [0.1, 0.15) is 0 Å². The van der Waals surface area contributed by atoms with Crippen LogP contribution in [0.5, 0.6) is 0 Å². The van der Waals surface area contributed by atoms with E-state index in [0.717, 1.165) is 0 Å². The number of thiol groups is 1. The molecular weight excluding hydrogens is 152 g/mol. The zero-order chi connectivity index (χ0) is 7.72. The van der Waals surface area contributed by atoms with Gasteiger partial charge >= 0.3 is 0 Å². The van der Waals surface area contributed by atoms with Gasteiger partial charge in [-0.05, 0) is 6.92 Å². The van der Waals surface area contributed by atoms with Crippen LogP contribution >= 0.6 is 12.6 Å². The molecule has 60 valence electrons. The van der Waals surface area contributed by atoms with E-state index in [1.54, 1.807) is 6.92 Å². The maximum atomic E-state index is 9.25. The second-order valence-corrected chi connectivity index (χ2v) is 3.25. The van der Waals surface area contributed by atoms with Crippen LogP contribution in [0.25, 0.3) is 0 Å². The molecule has 4 heteroatoms. The van der Waals surface area contributed by atoms with Gasteiger partial charge in [-0.25, -0.2) is 0 Å². The molecule has 0 bridgehead atoms. The van der Waals surface area contributed by atoms with Crippen LogP contribution in [0.2, 0.25) is 0 Å². The molecule has 1 rings (SSSR count). The lowest BCUT2D eigenvalue weighted by molar-refractivity contribution is -0.189. The molecule has 0 aromatic carbocycles. The van der Waals surface area contributed by atoms with E-state index in [2.05, 4.69) is 12.6 Å². The largest absolute Gasteiger partial charge is 0.389 e. The lowest BCUT2D eigenvalue weighted by Crippen LogP contribution is -2.44. The zero-order valence-electron chi connectivity index (χ0n) is 5.77. The van der Waals surface area contributed by atoms with Gasteiger partial charge in [0.15, 0.2) is 6.29 Å². The first kappa shape index (κ1) is 8.33. The molecule has 1 aliphatic rings. The lowest BCUT2D eigenvalue weighted by Gasteiger charge is -2.33. The van der Waals surface area contributed by atoms with Crippen molar-refractivity contribution < 1.29 is 14.9 Å². The number of hydrogen-bond acceptors (Lipinski definition) is 4. The van der Waals surface area contributed by atoms with E-state index < -0.39 is 12.4 Å². The van der Waals surface area contributed by atoms with Gasteiger partial charge in [-0.2, -0.15) is 12.6 Å². The average molecular weight is 164 g/mol. The van der Waals surface area contributed by atoms with Crippen LogP contribution in [0, 0.1) is 0 Å². The smallest absolute Gasteiger partial charge is 0.156 e. The Hall–Kier alpha value is 0.230. The molecule has 0 aliphatic carbocycles. The first-order chi connectivity index (χ1) is 4.61. The van der Waals surface area contributed by atoms with Crippen molar-refractivity contribution in [3.05, 3.63) is 0 Å². The summed E-state index contributed by atoms with van der Waals surface area (Å²) in [6.45, 7) is 1.72. The molecule has 0 aromatic heterocycles. The van der Waals surface area contributed by atoms with Gasteiger partial charge in [-0.3, -0.25) is 0 Å². The van der Waals surface area contributed by atoms with E-state index in [1.165, 1.54) is 0 Å². The van der Waals surface area contributed by atoms with Crippen molar-refractivity contribution in [2.24, 2.45) is 0 Å². The van der Waals surface area contributed by atoms with Crippen molar-refractivity contribution in [3.63, 3.8) is 0 Å². The Balaban J connectivity index is 2.49. The molecule has 0 spiro atoms. The van der Waals surface area contributed by atoms with Gasteiger partial charge in [0, 0.05) is 11.7 Å². The number of aliphatic hydroxyl groups excluding tert-OH is 2. The van der Waals surface area contributed by atoms with E-state index in [9.17, 15) is 5.11 Å². The highest BCUT2D eigenvalue weighted by atomic mass is 32.1. The summed E-state index contributed by atoms with van der Waals surface area (Å²) in [4.78, 5) is 0. The molecule has 1 fully saturated rings. The summed E-state index contributed by atoms with van der Waals surface area (Å²) in [6.07, 6.45) is -1.24. The Morgan fingerprint density at radius 3 is 2.60 bits per heavy atom. The molecule has 1 aliphatic heterocycles. The molecule has 0 saturated carbocycles. The average Bonchev–Trinajstić information content (AvgIpc) is 1.82. The van der Waals surface area contributed by atoms with Gasteiger partial charge < -0.3 is 14.9 Å². The Morgan fingerprint density at radius 2 is 2.10 bits per heavy atom. The normalized spacial score (nSPS) is 49.2. The fourth-order valence-corrected chi connectivity index (χ4v) is 1.47. The van der Waals surface area contributed by atoms with Crippen molar-refractivity contribution in [3.8, 4) is 0 Å². The maximum absolute atomic E-state index is 9.25. The molecule has 1 heterocycles. The van der Waals surface area contributed by atoms with Crippen molar-refractivity contribution >= 4 is 12.6 Å². The Bertz CT molecular complexity index is 108. The van der Waals surface area contributed by atoms with E-state index in [1.807, 2.05) is 0 Å². The summed E-state index contributed by atoms with van der Waals surface area (Å²) >= 11 is 4.08. The fourth-order valence-electron chi connectivity index (χ4n) is 1.04. The molecule has 0 radical (unpaired) electrons. The molecule has 0 amide bonds. The molecule has 2 N–H and O–H groups in total. The number of hydrogen-bond donors (Lipinski definition) is 3. The first-order valence-electron chi connectivity index (χ1n) is 3.31. The second kappa shape index (κ2) is 3.09. The fraction of sp³-hybridized carbons (Fsp3) is 1.00. The maximum Gasteiger partial charge on any atom is 0.156 e.